The van der Waals surface area contributed by atoms with Crippen molar-refractivity contribution in [2.24, 2.45) is 11.3 Å². The first kappa shape index (κ1) is 25.8. The van der Waals surface area contributed by atoms with Crippen molar-refractivity contribution in [1.29, 1.82) is 0 Å². The molecule has 3 fully saturated rings. The molecule has 3 aliphatic rings. The summed E-state index contributed by atoms with van der Waals surface area (Å²) >= 11 is 12.2. The van der Waals surface area contributed by atoms with E-state index in [2.05, 4.69) is 33.8 Å². The molecule has 36 heavy (non-hydrogen) atoms. The number of hydrogen-bond acceptors (Lipinski definition) is 4. The van der Waals surface area contributed by atoms with E-state index in [1.807, 2.05) is 12.1 Å². The molecule has 0 spiro atoms. The maximum absolute atomic E-state index is 13.7. The molecule has 0 bridgehead atoms. The Morgan fingerprint density at radius 3 is 2.36 bits per heavy atom. The molecular weight excluding hydrogens is 493 g/mol. The van der Waals surface area contributed by atoms with Gasteiger partial charge in [-0.1, -0.05) is 61.5 Å². The number of aromatic nitrogens is 1. The monoisotopic (exact) mass is 529 g/mol. The number of ether oxygens (including phenoxy) is 1. The first-order valence-corrected chi connectivity index (χ1v) is 14.2. The maximum atomic E-state index is 13.7. The van der Waals surface area contributed by atoms with E-state index in [9.17, 15) is 4.79 Å². The SMILES string of the molecule is C[C@]1(COc2ccc(Cl)cn2)CN(C(=O)C2CCN(C3CCCCC3)CC2)C[C@@H]1c1ccc(Cl)cc1. The van der Waals surface area contributed by atoms with Gasteiger partial charge in [0, 0.05) is 53.7 Å². The Morgan fingerprint density at radius 1 is 1.00 bits per heavy atom. The van der Waals surface area contributed by atoms with Crippen LogP contribution in [0, 0.1) is 11.3 Å². The molecule has 0 radical (unpaired) electrons. The Bertz CT molecular complexity index is 1020. The highest BCUT2D eigenvalue weighted by molar-refractivity contribution is 6.30. The quantitative estimate of drug-likeness (QED) is 0.431. The lowest BCUT2D eigenvalue weighted by Crippen LogP contribution is -2.46. The van der Waals surface area contributed by atoms with Gasteiger partial charge >= 0.3 is 0 Å². The highest BCUT2D eigenvalue weighted by Crippen LogP contribution is 2.44. The number of carbonyl (C=O) groups is 1. The summed E-state index contributed by atoms with van der Waals surface area (Å²) in [7, 11) is 0. The maximum Gasteiger partial charge on any atom is 0.225 e. The summed E-state index contributed by atoms with van der Waals surface area (Å²) in [4.78, 5) is 22.8. The highest BCUT2D eigenvalue weighted by atomic mass is 35.5. The molecule has 1 amide bonds. The third kappa shape index (κ3) is 5.84. The smallest absolute Gasteiger partial charge is 0.225 e. The zero-order valence-electron chi connectivity index (χ0n) is 21.2. The van der Waals surface area contributed by atoms with Gasteiger partial charge in [-0.25, -0.2) is 4.98 Å². The Morgan fingerprint density at radius 2 is 1.69 bits per heavy atom. The topological polar surface area (TPSA) is 45.7 Å². The molecule has 1 aromatic carbocycles. The van der Waals surface area contributed by atoms with Crippen LogP contribution >= 0.6 is 23.2 Å². The summed E-state index contributed by atoms with van der Waals surface area (Å²) in [6.07, 6.45) is 10.3. The summed E-state index contributed by atoms with van der Waals surface area (Å²) < 4.78 is 6.14. The van der Waals surface area contributed by atoms with Crippen molar-refractivity contribution < 1.29 is 9.53 Å². The van der Waals surface area contributed by atoms with Crippen LogP contribution in [0.5, 0.6) is 5.88 Å². The van der Waals surface area contributed by atoms with Gasteiger partial charge in [-0.2, -0.15) is 0 Å². The molecule has 1 saturated carbocycles. The van der Waals surface area contributed by atoms with Crippen LogP contribution in [-0.4, -0.2) is 59.5 Å². The Balaban J connectivity index is 1.27. The molecule has 2 aromatic rings. The van der Waals surface area contributed by atoms with E-state index < -0.39 is 0 Å². The zero-order valence-corrected chi connectivity index (χ0v) is 22.7. The van der Waals surface area contributed by atoms with Crippen molar-refractivity contribution >= 4 is 29.1 Å². The number of pyridine rings is 1. The lowest BCUT2D eigenvalue weighted by atomic mass is 9.77. The average molecular weight is 531 g/mol. The average Bonchev–Trinajstić information content (AvgIpc) is 3.26. The Labute approximate surface area is 225 Å². The van der Waals surface area contributed by atoms with Gasteiger partial charge < -0.3 is 14.5 Å². The molecule has 1 aliphatic carbocycles. The fourth-order valence-corrected chi connectivity index (χ4v) is 6.71. The predicted molar refractivity (Wildman–Crippen MR) is 145 cm³/mol. The molecule has 5 rings (SSSR count). The molecule has 2 aliphatic heterocycles. The van der Waals surface area contributed by atoms with E-state index in [0.29, 0.717) is 36.5 Å². The minimum Gasteiger partial charge on any atom is -0.477 e. The van der Waals surface area contributed by atoms with Gasteiger partial charge in [-0.05, 0) is 62.5 Å². The number of nitrogens with zero attached hydrogens (tertiary/aromatic N) is 3. The second-order valence-electron chi connectivity index (χ2n) is 11.2. The van der Waals surface area contributed by atoms with Crippen LogP contribution in [0.2, 0.25) is 10.0 Å². The lowest BCUT2D eigenvalue weighted by Gasteiger charge is -2.39. The molecular formula is C29H37Cl2N3O2. The van der Waals surface area contributed by atoms with Crippen molar-refractivity contribution in [2.75, 3.05) is 32.8 Å². The molecule has 1 aromatic heterocycles. The Kier molecular flexibility index (Phi) is 8.09. The molecule has 0 unspecified atom stereocenters. The lowest BCUT2D eigenvalue weighted by molar-refractivity contribution is -0.136. The number of piperidine rings is 1. The minimum atomic E-state index is -0.242. The summed E-state index contributed by atoms with van der Waals surface area (Å²) in [6.45, 7) is 6.18. The van der Waals surface area contributed by atoms with Crippen LogP contribution in [0.1, 0.15) is 63.4 Å². The fourth-order valence-electron chi connectivity index (χ4n) is 6.47. The predicted octanol–water partition coefficient (Wildman–Crippen LogP) is 6.44. The number of benzene rings is 1. The second kappa shape index (κ2) is 11.3. The van der Waals surface area contributed by atoms with Crippen molar-refractivity contribution in [3.05, 3.63) is 58.2 Å². The van der Waals surface area contributed by atoms with Crippen LogP contribution in [0.4, 0.5) is 0 Å². The zero-order chi connectivity index (χ0) is 25.1. The molecule has 7 heteroatoms. The van der Waals surface area contributed by atoms with Gasteiger partial charge in [0.25, 0.3) is 0 Å². The molecule has 2 atom stereocenters. The summed E-state index contributed by atoms with van der Waals surface area (Å²) in [5, 5.41) is 1.30. The highest BCUT2D eigenvalue weighted by Gasteiger charge is 2.47. The van der Waals surface area contributed by atoms with E-state index in [0.717, 1.165) is 37.0 Å². The van der Waals surface area contributed by atoms with E-state index in [4.69, 9.17) is 27.9 Å². The number of halogens is 2. The fraction of sp³-hybridized carbons (Fsp3) is 0.586. The standard InChI is InChI=1S/C29H37Cl2N3O2/c1-29(20-36-27-12-11-24(31)17-32-27)19-34(18-26(29)21-7-9-23(30)10-8-21)28(35)22-13-15-33(16-14-22)25-5-3-2-4-6-25/h7-12,17,22,25-26H,2-6,13-16,18-20H2,1H3/t26-,29-/m1/s1. The van der Waals surface area contributed by atoms with E-state index in [-0.39, 0.29) is 17.3 Å². The van der Waals surface area contributed by atoms with Crippen molar-refractivity contribution in [3.63, 3.8) is 0 Å². The van der Waals surface area contributed by atoms with Crippen molar-refractivity contribution in [3.8, 4) is 5.88 Å². The molecule has 0 N–H and O–H groups in total. The van der Waals surface area contributed by atoms with E-state index >= 15 is 0 Å². The van der Waals surface area contributed by atoms with Gasteiger partial charge in [0.15, 0.2) is 0 Å². The van der Waals surface area contributed by atoms with Gasteiger partial charge in [0.05, 0.1) is 11.6 Å². The van der Waals surface area contributed by atoms with E-state index in [1.165, 1.54) is 37.7 Å². The Hall–Kier alpha value is -1.82. The van der Waals surface area contributed by atoms with Gasteiger partial charge in [0.1, 0.15) is 0 Å². The second-order valence-corrected chi connectivity index (χ2v) is 12.1. The molecule has 2 saturated heterocycles. The molecule has 3 heterocycles. The van der Waals surface area contributed by atoms with Gasteiger partial charge in [-0.15, -0.1) is 0 Å². The number of likely N-dealkylation sites (tertiary alicyclic amines) is 2. The van der Waals surface area contributed by atoms with E-state index in [1.54, 1.807) is 18.3 Å². The van der Waals surface area contributed by atoms with Gasteiger partial charge in [0.2, 0.25) is 11.8 Å². The first-order chi connectivity index (χ1) is 17.4. The number of rotatable bonds is 6. The molecule has 194 valence electrons. The third-order valence-electron chi connectivity index (χ3n) is 8.60. The van der Waals surface area contributed by atoms with Crippen LogP contribution < -0.4 is 4.74 Å². The van der Waals surface area contributed by atoms with Gasteiger partial charge in [-0.3, -0.25) is 4.79 Å². The van der Waals surface area contributed by atoms with Crippen LogP contribution in [0.3, 0.4) is 0 Å². The van der Waals surface area contributed by atoms with Crippen molar-refractivity contribution in [1.82, 2.24) is 14.8 Å². The summed E-state index contributed by atoms with van der Waals surface area (Å²) in [5.74, 6) is 1.14. The normalized spacial score (nSPS) is 26.3. The summed E-state index contributed by atoms with van der Waals surface area (Å²) in [5.41, 5.74) is 0.949. The van der Waals surface area contributed by atoms with Crippen molar-refractivity contribution in [2.45, 2.75) is 63.8 Å². The number of hydrogen-bond donors (Lipinski definition) is 0. The third-order valence-corrected chi connectivity index (χ3v) is 9.08. The largest absolute Gasteiger partial charge is 0.477 e. The first-order valence-electron chi connectivity index (χ1n) is 13.4. The van der Waals surface area contributed by atoms with Crippen LogP contribution in [-0.2, 0) is 4.79 Å². The number of amides is 1. The summed E-state index contributed by atoms with van der Waals surface area (Å²) in [6, 6.07) is 12.4. The van der Waals surface area contributed by atoms with Crippen LogP contribution in [0.15, 0.2) is 42.6 Å². The number of carbonyl (C=O) groups excluding carboxylic acids is 1. The molecule has 5 nitrogen and oxygen atoms in total. The minimum absolute atomic E-state index is 0.122. The van der Waals surface area contributed by atoms with Crippen LogP contribution in [0.25, 0.3) is 0 Å².